The predicted octanol–water partition coefficient (Wildman–Crippen LogP) is 3.03. The molecule has 9 heteroatoms. The highest BCUT2D eigenvalue weighted by Crippen LogP contribution is 2.24. The Labute approximate surface area is 193 Å². The molecule has 2 rings (SSSR count). The molecule has 0 spiro atoms. The lowest BCUT2D eigenvalue weighted by Crippen LogP contribution is -2.42. The highest BCUT2D eigenvalue weighted by atomic mass is 16.5. The van der Waals surface area contributed by atoms with E-state index in [4.69, 9.17) is 9.47 Å². The summed E-state index contributed by atoms with van der Waals surface area (Å²) in [6.07, 6.45) is 1.41. The van der Waals surface area contributed by atoms with Crippen molar-refractivity contribution in [3.8, 4) is 17.5 Å². The fourth-order valence-corrected chi connectivity index (χ4v) is 3.07. The largest absolute Gasteiger partial charge is 0.497 e. The third-order valence-corrected chi connectivity index (χ3v) is 4.70. The van der Waals surface area contributed by atoms with E-state index in [1.54, 1.807) is 7.11 Å². The smallest absolute Gasteiger partial charge is 0.349 e. The Morgan fingerprint density at radius 1 is 1.18 bits per heavy atom. The number of hydrogen-bond donors (Lipinski definition) is 2. The van der Waals surface area contributed by atoms with Gasteiger partial charge in [-0.3, -0.25) is 10.1 Å². The number of amides is 3. The van der Waals surface area contributed by atoms with E-state index in [0.29, 0.717) is 12.1 Å². The van der Waals surface area contributed by atoms with E-state index in [0.717, 1.165) is 22.8 Å². The number of carbonyl (C=O) groups excluding carboxylic acids is 3. The zero-order valence-electron chi connectivity index (χ0n) is 19.4. The number of nitriles is 1. The third-order valence-electron chi connectivity index (χ3n) is 4.70. The van der Waals surface area contributed by atoms with E-state index < -0.39 is 24.5 Å². The maximum absolute atomic E-state index is 12.3. The number of esters is 1. The maximum atomic E-state index is 12.3. The van der Waals surface area contributed by atoms with Crippen molar-refractivity contribution in [2.24, 2.45) is 5.92 Å². The summed E-state index contributed by atoms with van der Waals surface area (Å²) in [5.41, 5.74) is 3.02. The van der Waals surface area contributed by atoms with Gasteiger partial charge >= 0.3 is 12.0 Å². The molecular formula is C24H28N4O5. The molecule has 0 atom stereocenters. The molecule has 2 aromatic rings. The van der Waals surface area contributed by atoms with Gasteiger partial charge in [-0.15, -0.1) is 0 Å². The molecule has 3 amide bonds. The van der Waals surface area contributed by atoms with Gasteiger partial charge in [0.15, 0.2) is 6.61 Å². The number of aromatic nitrogens is 1. The minimum Gasteiger partial charge on any atom is -0.497 e. The molecule has 0 saturated carbocycles. The Morgan fingerprint density at radius 2 is 1.85 bits per heavy atom. The third kappa shape index (κ3) is 6.97. The van der Waals surface area contributed by atoms with Crippen LogP contribution in [0.4, 0.5) is 4.79 Å². The topological polar surface area (TPSA) is 122 Å². The molecular weight excluding hydrogens is 424 g/mol. The molecule has 0 aliphatic carbocycles. The fourth-order valence-electron chi connectivity index (χ4n) is 3.07. The summed E-state index contributed by atoms with van der Waals surface area (Å²) >= 11 is 0. The van der Waals surface area contributed by atoms with Crippen molar-refractivity contribution in [3.05, 3.63) is 52.9 Å². The summed E-state index contributed by atoms with van der Waals surface area (Å²) in [5, 5.41) is 14.0. The number of carbonyl (C=O) groups is 3. The zero-order chi connectivity index (χ0) is 24.5. The molecule has 0 fully saturated rings. The number of rotatable bonds is 8. The van der Waals surface area contributed by atoms with Crippen LogP contribution in [-0.4, -0.2) is 42.7 Å². The Balaban J connectivity index is 2.09. The van der Waals surface area contributed by atoms with Gasteiger partial charge in [0.05, 0.1) is 7.11 Å². The summed E-state index contributed by atoms with van der Waals surface area (Å²) in [4.78, 5) is 35.7. The van der Waals surface area contributed by atoms with E-state index in [9.17, 15) is 19.6 Å². The number of hydrogen-bond acceptors (Lipinski definition) is 6. The molecule has 1 aromatic heterocycles. The maximum Gasteiger partial charge on any atom is 0.349 e. The molecule has 2 N–H and O–H groups in total. The number of benzene rings is 1. The number of nitrogens with one attached hydrogen (secondary N) is 2. The quantitative estimate of drug-likeness (QED) is 0.361. The first kappa shape index (κ1) is 25.2. The number of nitrogens with zero attached hydrogens (tertiary/aromatic N) is 2. The van der Waals surface area contributed by atoms with Crippen LogP contribution in [0.25, 0.3) is 11.8 Å². The lowest BCUT2D eigenvalue weighted by molar-refractivity contribution is -0.144. The van der Waals surface area contributed by atoms with Gasteiger partial charge in [-0.25, -0.2) is 9.59 Å². The lowest BCUT2D eigenvalue weighted by Gasteiger charge is -2.10. The van der Waals surface area contributed by atoms with E-state index in [2.05, 4.69) is 10.6 Å². The second kappa shape index (κ2) is 11.5. The number of urea groups is 1. The van der Waals surface area contributed by atoms with Gasteiger partial charge in [-0.2, -0.15) is 5.26 Å². The number of aryl methyl sites for hydroxylation is 1. The van der Waals surface area contributed by atoms with Crippen molar-refractivity contribution < 1.29 is 23.9 Å². The van der Waals surface area contributed by atoms with Crippen LogP contribution in [0, 0.1) is 31.1 Å². The highest BCUT2D eigenvalue weighted by molar-refractivity contribution is 6.00. The standard InChI is InChI=1S/C24H28N4O5/c1-15(2)13-26-24(31)27-22(29)14-33-23(30)19(12-25)11-18-10-16(3)28(17(18)4)20-6-8-21(32-5)9-7-20/h6-11,15H,13-14H2,1-5H3,(H2,26,27,29,31)/b19-11+. The van der Waals surface area contributed by atoms with Gasteiger partial charge in [-0.1, -0.05) is 13.8 Å². The van der Waals surface area contributed by atoms with Gasteiger partial charge in [0, 0.05) is 23.6 Å². The SMILES string of the molecule is COc1ccc(-n2c(C)cc(/C=C(\C#N)C(=O)OCC(=O)NC(=O)NCC(C)C)c2C)cc1. The van der Waals surface area contributed by atoms with Crippen molar-refractivity contribution in [1.82, 2.24) is 15.2 Å². The summed E-state index contributed by atoms with van der Waals surface area (Å²) in [6, 6.07) is 10.5. The monoisotopic (exact) mass is 452 g/mol. The first-order valence-electron chi connectivity index (χ1n) is 10.4. The van der Waals surface area contributed by atoms with Gasteiger partial charge in [0.2, 0.25) is 0 Å². The molecule has 0 radical (unpaired) electrons. The van der Waals surface area contributed by atoms with Crippen LogP contribution in [0.15, 0.2) is 35.9 Å². The molecule has 9 nitrogen and oxygen atoms in total. The molecule has 0 aliphatic rings. The number of ether oxygens (including phenoxy) is 2. The Hall–Kier alpha value is -4.06. The molecule has 0 saturated heterocycles. The lowest BCUT2D eigenvalue weighted by atomic mass is 10.1. The molecule has 0 bridgehead atoms. The predicted molar refractivity (Wildman–Crippen MR) is 123 cm³/mol. The summed E-state index contributed by atoms with van der Waals surface area (Å²) in [7, 11) is 1.60. The van der Waals surface area contributed by atoms with Gasteiger partial charge in [0.25, 0.3) is 5.91 Å². The average molecular weight is 453 g/mol. The Kier molecular flexibility index (Phi) is 8.80. The first-order chi connectivity index (χ1) is 15.7. The number of methoxy groups -OCH3 is 1. The molecule has 174 valence electrons. The van der Waals surface area contributed by atoms with Crippen LogP contribution in [-0.2, 0) is 14.3 Å². The number of imide groups is 1. The molecule has 0 unspecified atom stereocenters. The Morgan fingerprint density at radius 3 is 2.42 bits per heavy atom. The molecule has 0 aliphatic heterocycles. The minimum absolute atomic E-state index is 0.221. The van der Waals surface area contributed by atoms with Crippen LogP contribution in [0.2, 0.25) is 0 Å². The fraction of sp³-hybridized carbons (Fsp3) is 0.333. The van der Waals surface area contributed by atoms with Gasteiger partial charge in [0.1, 0.15) is 17.4 Å². The van der Waals surface area contributed by atoms with Gasteiger partial charge in [-0.05, 0) is 61.7 Å². The van der Waals surface area contributed by atoms with Crippen molar-refractivity contribution >= 4 is 24.0 Å². The Bertz CT molecular complexity index is 1090. The summed E-state index contributed by atoms with van der Waals surface area (Å²) < 4.78 is 12.1. The van der Waals surface area contributed by atoms with E-state index in [1.807, 2.05) is 68.7 Å². The molecule has 1 heterocycles. The van der Waals surface area contributed by atoms with Gasteiger partial charge < -0.3 is 19.4 Å². The van der Waals surface area contributed by atoms with Crippen molar-refractivity contribution in [3.63, 3.8) is 0 Å². The van der Waals surface area contributed by atoms with Crippen LogP contribution in [0.1, 0.15) is 30.8 Å². The molecule has 1 aromatic carbocycles. The van der Waals surface area contributed by atoms with Crippen molar-refractivity contribution in [2.75, 3.05) is 20.3 Å². The summed E-state index contributed by atoms with van der Waals surface area (Å²) in [6.45, 7) is 7.31. The van der Waals surface area contributed by atoms with Crippen LogP contribution in [0.3, 0.4) is 0 Å². The van der Waals surface area contributed by atoms with E-state index >= 15 is 0 Å². The first-order valence-corrected chi connectivity index (χ1v) is 10.4. The van der Waals surface area contributed by atoms with E-state index in [-0.39, 0.29) is 11.5 Å². The van der Waals surface area contributed by atoms with Crippen LogP contribution in [0.5, 0.6) is 5.75 Å². The minimum atomic E-state index is -0.954. The van der Waals surface area contributed by atoms with Crippen molar-refractivity contribution in [2.45, 2.75) is 27.7 Å². The highest BCUT2D eigenvalue weighted by Gasteiger charge is 2.17. The molecule has 33 heavy (non-hydrogen) atoms. The zero-order valence-corrected chi connectivity index (χ0v) is 19.4. The van der Waals surface area contributed by atoms with E-state index in [1.165, 1.54) is 6.08 Å². The van der Waals surface area contributed by atoms with Crippen LogP contribution >= 0.6 is 0 Å². The second-order valence-electron chi connectivity index (χ2n) is 7.76. The summed E-state index contributed by atoms with van der Waals surface area (Å²) in [5.74, 6) is -0.792. The second-order valence-corrected chi connectivity index (χ2v) is 7.76. The van der Waals surface area contributed by atoms with Crippen molar-refractivity contribution in [1.29, 1.82) is 5.26 Å². The normalized spacial score (nSPS) is 11.0. The van der Waals surface area contributed by atoms with Crippen LogP contribution < -0.4 is 15.4 Å². The average Bonchev–Trinajstić information content (AvgIpc) is 3.07.